The summed E-state index contributed by atoms with van der Waals surface area (Å²) in [5.41, 5.74) is 1.46. The molecule has 4 heteroatoms. The number of aliphatic hydroxyl groups is 1. The lowest BCUT2D eigenvalue weighted by atomic mass is 9.49. The smallest absolute Gasteiger partial charge is 0.141 e. The van der Waals surface area contributed by atoms with Gasteiger partial charge in [-0.2, -0.15) is 0 Å². The molecule has 138 valence electrons. The summed E-state index contributed by atoms with van der Waals surface area (Å²) in [6.45, 7) is 7.89. The number of ketones is 1. The van der Waals surface area contributed by atoms with Gasteiger partial charge in [-0.25, -0.2) is 0 Å². The zero-order chi connectivity index (χ0) is 18.6. The minimum atomic E-state index is -0.690. The van der Waals surface area contributed by atoms with Gasteiger partial charge in [0.25, 0.3) is 0 Å². The molecule has 3 atom stereocenters. The Morgan fingerprint density at radius 1 is 1.28 bits per heavy atom. The highest BCUT2D eigenvalue weighted by Crippen LogP contribution is 2.57. The van der Waals surface area contributed by atoms with E-state index in [1.807, 2.05) is 26.8 Å². The van der Waals surface area contributed by atoms with Crippen LogP contribution < -0.4 is 0 Å². The van der Waals surface area contributed by atoms with Crippen molar-refractivity contribution in [1.29, 1.82) is 0 Å². The summed E-state index contributed by atoms with van der Waals surface area (Å²) >= 11 is 0. The third-order valence-electron chi connectivity index (χ3n) is 7.12. The first-order valence-electron chi connectivity index (χ1n) is 9.17. The molecule has 1 aromatic carbocycles. The lowest BCUT2D eigenvalue weighted by Gasteiger charge is -2.54. The Kier molecular flexibility index (Phi) is 4.28. The first-order chi connectivity index (χ1) is 11.6. The van der Waals surface area contributed by atoms with Gasteiger partial charge >= 0.3 is 0 Å². The van der Waals surface area contributed by atoms with Gasteiger partial charge in [-0.05, 0) is 55.6 Å². The number of carbonyl (C=O) groups excluding carboxylic acids is 1. The molecule has 1 aromatic rings. The number of aromatic hydroxyl groups is 1. The average molecular weight is 346 g/mol. The van der Waals surface area contributed by atoms with Crippen LogP contribution in [0.5, 0.6) is 5.75 Å². The fourth-order valence-electron chi connectivity index (χ4n) is 5.20. The fraction of sp³-hybridized carbons (Fsp3) is 0.667. The topological polar surface area (TPSA) is 66.8 Å². The second-order valence-corrected chi connectivity index (χ2v) is 8.71. The Morgan fingerprint density at radius 3 is 2.56 bits per heavy atom. The average Bonchev–Trinajstić information content (AvgIpc) is 2.59. The van der Waals surface area contributed by atoms with Crippen molar-refractivity contribution in [2.45, 2.75) is 64.4 Å². The van der Waals surface area contributed by atoms with Gasteiger partial charge in [0.15, 0.2) is 0 Å². The van der Waals surface area contributed by atoms with Gasteiger partial charge < -0.3 is 14.9 Å². The van der Waals surface area contributed by atoms with Crippen molar-refractivity contribution in [1.82, 2.24) is 0 Å². The van der Waals surface area contributed by atoms with Crippen LogP contribution in [0.1, 0.15) is 63.6 Å². The van der Waals surface area contributed by atoms with Crippen LogP contribution >= 0.6 is 0 Å². The second-order valence-electron chi connectivity index (χ2n) is 8.71. The van der Waals surface area contributed by atoms with E-state index in [1.54, 1.807) is 7.11 Å². The summed E-state index contributed by atoms with van der Waals surface area (Å²) in [4.78, 5) is 12.5. The van der Waals surface area contributed by atoms with E-state index in [4.69, 9.17) is 4.74 Å². The molecule has 3 rings (SSSR count). The van der Waals surface area contributed by atoms with Crippen LogP contribution in [0, 0.1) is 11.3 Å². The van der Waals surface area contributed by atoms with Crippen molar-refractivity contribution in [3.05, 3.63) is 28.8 Å². The maximum Gasteiger partial charge on any atom is 0.141 e. The van der Waals surface area contributed by atoms with Crippen LogP contribution in [0.4, 0.5) is 0 Å². The van der Waals surface area contributed by atoms with E-state index in [0.717, 1.165) is 36.0 Å². The Balaban J connectivity index is 2.14. The molecule has 1 fully saturated rings. The van der Waals surface area contributed by atoms with E-state index in [-0.39, 0.29) is 23.7 Å². The number of Topliss-reactive ketones (excluding diaryl/α,β-unsaturated/α-hetero) is 1. The molecule has 25 heavy (non-hydrogen) atoms. The van der Waals surface area contributed by atoms with Crippen LogP contribution in [0.15, 0.2) is 12.1 Å². The van der Waals surface area contributed by atoms with Crippen molar-refractivity contribution in [3.63, 3.8) is 0 Å². The lowest BCUT2D eigenvalue weighted by Crippen LogP contribution is -2.55. The Bertz CT molecular complexity index is 708. The number of carbonyl (C=O) groups is 1. The number of aliphatic hydroxyl groups excluding tert-OH is 1. The van der Waals surface area contributed by atoms with Gasteiger partial charge in [-0.1, -0.05) is 26.0 Å². The molecule has 0 amide bonds. The minimum absolute atomic E-state index is 0.0967. The quantitative estimate of drug-likeness (QED) is 0.880. The fourth-order valence-corrected chi connectivity index (χ4v) is 5.20. The number of methoxy groups -OCH3 is 1. The summed E-state index contributed by atoms with van der Waals surface area (Å²) in [5.74, 6) is 0.591. The van der Waals surface area contributed by atoms with E-state index in [2.05, 4.69) is 13.0 Å². The number of hydrogen-bond acceptors (Lipinski definition) is 4. The van der Waals surface area contributed by atoms with Crippen molar-refractivity contribution < 1.29 is 19.7 Å². The molecule has 0 radical (unpaired) electrons. The monoisotopic (exact) mass is 346 g/mol. The van der Waals surface area contributed by atoms with E-state index in [0.29, 0.717) is 12.2 Å². The summed E-state index contributed by atoms with van der Waals surface area (Å²) in [7, 11) is 1.65. The normalized spacial score (nSPS) is 32.2. The minimum Gasteiger partial charge on any atom is -0.507 e. The Hall–Kier alpha value is -1.39. The maximum absolute atomic E-state index is 12.5. The van der Waals surface area contributed by atoms with Crippen molar-refractivity contribution >= 4 is 5.78 Å². The predicted octanol–water partition coefficient (Wildman–Crippen LogP) is 3.46. The Morgan fingerprint density at radius 2 is 1.96 bits per heavy atom. The number of ether oxygens (including phenoxy) is 1. The molecule has 0 bridgehead atoms. The van der Waals surface area contributed by atoms with Crippen LogP contribution in [0.2, 0.25) is 0 Å². The van der Waals surface area contributed by atoms with Crippen molar-refractivity contribution in [2.75, 3.05) is 13.7 Å². The number of fused-ring (bicyclic) bond motifs is 3. The summed E-state index contributed by atoms with van der Waals surface area (Å²) in [6, 6.07) is 4.06. The first kappa shape index (κ1) is 18.4. The number of benzene rings is 1. The summed E-state index contributed by atoms with van der Waals surface area (Å²) in [5, 5.41) is 20.9. The highest BCUT2D eigenvalue weighted by molar-refractivity contribution is 5.86. The van der Waals surface area contributed by atoms with Gasteiger partial charge in [0.1, 0.15) is 11.5 Å². The molecule has 0 spiro atoms. The van der Waals surface area contributed by atoms with Gasteiger partial charge in [0, 0.05) is 19.1 Å². The lowest BCUT2D eigenvalue weighted by molar-refractivity contribution is -0.142. The molecule has 2 aliphatic carbocycles. The SMILES string of the molecule is COC(C)(C)c1ccc2c(c1O)CC[C@@H]1[C@@](C)(CO)C(=O)CC[C@]21C. The Labute approximate surface area is 150 Å². The molecular formula is C21H30O4. The highest BCUT2D eigenvalue weighted by atomic mass is 16.5. The number of phenols is 1. The van der Waals surface area contributed by atoms with Gasteiger partial charge in [-0.15, -0.1) is 0 Å². The highest BCUT2D eigenvalue weighted by Gasteiger charge is 2.55. The van der Waals surface area contributed by atoms with Crippen LogP contribution in [-0.4, -0.2) is 29.7 Å². The molecule has 2 aliphatic rings. The van der Waals surface area contributed by atoms with Gasteiger partial charge in [0.2, 0.25) is 0 Å². The number of rotatable bonds is 3. The number of phenolic OH excluding ortho intramolecular Hbond substituents is 1. The zero-order valence-corrected chi connectivity index (χ0v) is 16.0. The van der Waals surface area contributed by atoms with Crippen molar-refractivity contribution in [3.8, 4) is 5.75 Å². The molecule has 0 aliphatic heterocycles. The maximum atomic E-state index is 12.5. The number of hydrogen-bond donors (Lipinski definition) is 2. The molecule has 2 N–H and O–H groups in total. The van der Waals surface area contributed by atoms with E-state index in [1.165, 1.54) is 0 Å². The first-order valence-corrected chi connectivity index (χ1v) is 9.17. The summed E-state index contributed by atoms with van der Waals surface area (Å²) in [6.07, 6.45) is 2.77. The summed E-state index contributed by atoms with van der Waals surface area (Å²) < 4.78 is 5.55. The largest absolute Gasteiger partial charge is 0.507 e. The van der Waals surface area contributed by atoms with Crippen LogP contribution in [0.25, 0.3) is 0 Å². The van der Waals surface area contributed by atoms with Crippen LogP contribution in [-0.2, 0) is 27.0 Å². The third kappa shape index (κ3) is 2.45. The molecule has 1 saturated carbocycles. The van der Waals surface area contributed by atoms with Crippen LogP contribution in [0.3, 0.4) is 0 Å². The van der Waals surface area contributed by atoms with E-state index < -0.39 is 11.0 Å². The molecule has 0 unspecified atom stereocenters. The third-order valence-corrected chi connectivity index (χ3v) is 7.12. The molecular weight excluding hydrogens is 316 g/mol. The van der Waals surface area contributed by atoms with Gasteiger partial charge in [-0.3, -0.25) is 4.79 Å². The molecule has 0 heterocycles. The molecule has 4 nitrogen and oxygen atoms in total. The van der Waals surface area contributed by atoms with Crippen molar-refractivity contribution in [2.24, 2.45) is 11.3 Å². The second kappa shape index (κ2) is 5.82. The standard InChI is InChI=1S/C21H30O4/c1-19(2,25-5)15-8-7-14-13(18(15)24)6-9-16-20(14,3)11-10-17(23)21(16,4)12-22/h7-8,16,22,24H,6,9-12H2,1-5H3/t16-,20+,21+/m0/s1. The van der Waals surface area contributed by atoms with E-state index >= 15 is 0 Å². The van der Waals surface area contributed by atoms with Gasteiger partial charge in [0.05, 0.1) is 17.6 Å². The predicted molar refractivity (Wildman–Crippen MR) is 96.7 cm³/mol. The zero-order valence-electron chi connectivity index (χ0n) is 16.0. The van der Waals surface area contributed by atoms with E-state index in [9.17, 15) is 15.0 Å². The molecule has 0 aromatic heterocycles. The molecule has 0 saturated heterocycles.